The predicted molar refractivity (Wildman–Crippen MR) is 53.4 cm³/mol. The third-order valence-corrected chi connectivity index (χ3v) is 2.95. The van der Waals surface area contributed by atoms with Gasteiger partial charge in [-0.1, -0.05) is 0 Å². The van der Waals surface area contributed by atoms with Crippen LogP contribution < -0.4 is 10.6 Å². The van der Waals surface area contributed by atoms with Gasteiger partial charge >= 0.3 is 0 Å². The van der Waals surface area contributed by atoms with E-state index in [-0.39, 0.29) is 0 Å². The summed E-state index contributed by atoms with van der Waals surface area (Å²) in [6.07, 6.45) is 5.97. The highest BCUT2D eigenvalue weighted by atomic mass is 16.1. The number of hydrogen-bond donors (Lipinski definition) is 2. The second-order valence-corrected chi connectivity index (χ2v) is 3.97. The van der Waals surface area contributed by atoms with Crippen molar-refractivity contribution in [2.24, 2.45) is 11.8 Å². The van der Waals surface area contributed by atoms with Crippen LogP contribution in [-0.2, 0) is 4.79 Å². The summed E-state index contributed by atoms with van der Waals surface area (Å²) in [7, 11) is 2.01. The number of carbonyl (C=O) groups is 1. The molecule has 0 aromatic rings. The maximum atomic E-state index is 10.1. The van der Waals surface area contributed by atoms with E-state index in [1.165, 1.54) is 25.7 Å². The topological polar surface area (TPSA) is 41.1 Å². The van der Waals surface area contributed by atoms with E-state index in [9.17, 15) is 4.79 Å². The van der Waals surface area contributed by atoms with Gasteiger partial charge in [0.25, 0.3) is 0 Å². The fraction of sp³-hybridized carbons (Fsp3) is 0.900. The first-order valence-corrected chi connectivity index (χ1v) is 5.18. The van der Waals surface area contributed by atoms with Gasteiger partial charge in [0.05, 0.1) is 0 Å². The first-order valence-electron chi connectivity index (χ1n) is 5.18. The van der Waals surface area contributed by atoms with Crippen LogP contribution in [0.4, 0.5) is 0 Å². The Hall–Kier alpha value is -0.570. The molecule has 0 aliphatic heterocycles. The Bertz CT molecular complexity index is 142. The highest BCUT2D eigenvalue weighted by Crippen LogP contribution is 2.27. The molecule has 0 aromatic heterocycles. The SMILES string of the molecule is CNCC1CCC(CNC=O)CC1. The van der Waals surface area contributed by atoms with E-state index in [1.807, 2.05) is 7.05 Å². The van der Waals surface area contributed by atoms with Crippen molar-refractivity contribution in [2.45, 2.75) is 25.7 Å². The molecule has 0 radical (unpaired) electrons. The fourth-order valence-electron chi connectivity index (χ4n) is 2.14. The van der Waals surface area contributed by atoms with E-state index in [0.717, 1.165) is 31.3 Å². The van der Waals surface area contributed by atoms with Gasteiger partial charge in [-0.15, -0.1) is 0 Å². The molecule has 0 heterocycles. The van der Waals surface area contributed by atoms with Gasteiger partial charge in [0.1, 0.15) is 0 Å². The van der Waals surface area contributed by atoms with Crippen molar-refractivity contribution in [1.82, 2.24) is 10.6 Å². The van der Waals surface area contributed by atoms with Crippen LogP contribution in [0.15, 0.2) is 0 Å². The predicted octanol–water partition coefficient (Wildman–Crippen LogP) is 0.758. The second-order valence-electron chi connectivity index (χ2n) is 3.97. The Morgan fingerprint density at radius 1 is 1.15 bits per heavy atom. The molecule has 3 heteroatoms. The highest BCUT2D eigenvalue weighted by Gasteiger charge is 2.19. The minimum absolute atomic E-state index is 0.721. The first-order chi connectivity index (χ1) is 6.36. The van der Waals surface area contributed by atoms with Gasteiger partial charge in [-0.25, -0.2) is 0 Å². The molecule has 0 spiro atoms. The minimum Gasteiger partial charge on any atom is -0.358 e. The van der Waals surface area contributed by atoms with Crippen LogP contribution >= 0.6 is 0 Å². The van der Waals surface area contributed by atoms with Crippen LogP contribution in [0.1, 0.15) is 25.7 Å². The maximum Gasteiger partial charge on any atom is 0.207 e. The van der Waals surface area contributed by atoms with E-state index < -0.39 is 0 Å². The average molecular weight is 184 g/mol. The summed E-state index contributed by atoms with van der Waals surface area (Å²) in [5, 5.41) is 5.99. The molecule has 1 aliphatic rings. The normalized spacial score (nSPS) is 28.4. The molecule has 76 valence electrons. The van der Waals surface area contributed by atoms with Crippen LogP contribution in [0, 0.1) is 11.8 Å². The lowest BCUT2D eigenvalue weighted by atomic mass is 9.82. The van der Waals surface area contributed by atoms with Crippen LogP contribution in [0.25, 0.3) is 0 Å². The lowest BCUT2D eigenvalue weighted by molar-refractivity contribution is -0.109. The Balaban J connectivity index is 2.11. The van der Waals surface area contributed by atoms with E-state index >= 15 is 0 Å². The molecule has 1 rings (SSSR count). The minimum atomic E-state index is 0.721. The van der Waals surface area contributed by atoms with E-state index in [2.05, 4.69) is 10.6 Å². The summed E-state index contributed by atoms with van der Waals surface area (Å²) in [6.45, 7) is 2.02. The third-order valence-electron chi connectivity index (χ3n) is 2.95. The summed E-state index contributed by atoms with van der Waals surface area (Å²) in [5.41, 5.74) is 0. The van der Waals surface area contributed by atoms with Gasteiger partial charge in [-0.2, -0.15) is 0 Å². The summed E-state index contributed by atoms with van der Waals surface area (Å²) < 4.78 is 0. The number of amides is 1. The molecule has 1 amide bonds. The van der Waals surface area contributed by atoms with Gasteiger partial charge in [0.2, 0.25) is 6.41 Å². The Morgan fingerprint density at radius 3 is 2.15 bits per heavy atom. The van der Waals surface area contributed by atoms with Crippen LogP contribution in [0.2, 0.25) is 0 Å². The number of nitrogens with one attached hydrogen (secondary N) is 2. The molecule has 1 aliphatic carbocycles. The van der Waals surface area contributed by atoms with Gasteiger partial charge in [0, 0.05) is 6.54 Å². The molecule has 3 nitrogen and oxygen atoms in total. The molecule has 0 atom stereocenters. The van der Waals surface area contributed by atoms with Gasteiger partial charge in [0.15, 0.2) is 0 Å². The molecule has 0 saturated heterocycles. The van der Waals surface area contributed by atoms with Gasteiger partial charge in [-0.3, -0.25) is 4.79 Å². The lowest BCUT2D eigenvalue weighted by Gasteiger charge is -2.27. The van der Waals surface area contributed by atoms with E-state index in [0.29, 0.717) is 0 Å². The van der Waals surface area contributed by atoms with Crippen LogP contribution in [0.5, 0.6) is 0 Å². The van der Waals surface area contributed by atoms with Crippen molar-refractivity contribution >= 4 is 6.41 Å². The zero-order chi connectivity index (χ0) is 9.52. The maximum absolute atomic E-state index is 10.1. The molecule has 13 heavy (non-hydrogen) atoms. The van der Waals surface area contributed by atoms with Crippen molar-refractivity contribution < 1.29 is 4.79 Å². The first kappa shape index (κ1) is 10.5. The Kier molecular flexibility index (Phi) is 4.83. The molecule has 0 unspecified atom stereocenters. The number of carbonyl (C=O) groups excluding carboxylic acids is 1. The van der Waals surface area contributed by atoms with Crippen molar-refractivity contribution in [3.63, 3.8) is 0 Å². The van der Waals surface area contributed by atoms with Crippen molar-refractivity contribution in [2.75, 3.05) is 20.1 Å². The molecule has 1 saturated carbocycles. The van der Waals surface area contributed by atoms with Crippen LogP contribution in [-0.4, -0.2) is 26.5 Å². The summed E-state index contributed by atoms with van der Waals surface area (Å²) in [6, 6.07) is 0. The molecule has 2 N–H and O–H groups in total. The summed E-state index contributed by atoms with van der Waals surface area (Å²) in [5.74, 6) is 1.58. The van der Waals surface area contributed by atoms with Crippen molar-refractivity contribution in [3.05, 3.63) is 0 Å². The average Bonchev–Trinajstić information content (AvgIpc) is 2.17. The third kappa shape index (κ3) is 3.77. The summed E-state index contributed by atoms with van der Waals surface area (Å²) in [4.78, 5) is 10.1. The smallest absolute Gasteiger partial charge is 0.207 e. The number of rotatable bonds is 5. The highest BCUT2D eigenvalue weighted by molar-refractivity contribution is 5.45. The molecule has 1 fully saturated rings. The molecule has 0 aromatic carbocycles. The lowest BCUT2D eigenvalue weighted by Crippen LogP contribution is -2.28. The monoisotopic (exact) mass is 184 g/mol. The largest absolute Gasteiger partial charge is 0.358 e. The van der Waals surface area contributed by atoms with Crippen LogP contribution in [0.3, 0.4) is 0 Å². The summed E-state index contributed by atoms with van der Waals surface area (Å²) >= 11 is 0. The van der Waals surface area contributed by atoms with Crippen molar-refractivity contribution in [3.8, 4) is 0 Å². The Morgan fingerprint density at radius 2 is 1.69 bits per heavy atom. The second kappa shape index (κ2) is 5.97. The quantitative estimate of drug-likeness (QED) is 0.619. The molecule has 0 bridgehead atoms. The molecular formula is C10H20N2O. The zero-order valence-electron chi connectivity index (χ0n) is 8.38. The van der Waals surface area contributed by atoms with E-state index in [4.69, 9.17) is 0 Å². The zero-order valence-corrected chi connectivity index (χ0v) is 8.38. The van der Waals surface area contributed by atoms with Gasteiger partial charge in [-0.05, 0) is 51.1 Å². The fourth-order valence-corrected chi connectivity index (χ4v) is 2.14. The standard InChI is InChI=1S/C10H20N2O/c1-11-6-9-2-4-10(5-3-9)7-12-8-13/h8-11H,2-7H2,1H3,(H,12,13). The Labute approximate surface area is 80.3 Å². The van der Waals surface area contributed by atoms with Crippen molar-refractivity contribution in [1.29, 1.82) is 0 Å². The number of hydrogen-bond acceptors (Lipinski definition) is 2. The van der Waals surface area contributed by atoms with E-state index in [1.54, 1.807) is 0 Å². The molecular weight excluding hydrogens is 164 g/mol. The van der Waals surface area contributed by atoms with Gasteiger partial charge < -0.3 is 10.6 Å².